The first-order chi connectivity index (χ1) is 29.7. The van der Waals surface area contributed by atoms with Crippen molar-refractivity contribution in [1.82, 2.24) is 4.57 Å². The van der Waals surface area contributed by atoms with Crippen LogP contribution in [0.5, 0.6) is 0 Å². The van der Waals surface area contributed by atoms with Crippen LogP contribution >= 0.6 is 0 Å². The van der Waals surface area contributed by atoms with E-state index < -0.39 is 0 Å². The minimum absolute atomic E-state index is 1.09. The minimum Gasteiger partial charge on any atom is -0.311 e. The van der Waals surface area contributed by atoms with E-state index in [0.717, 1.165) is 28.3 Å². The van der Waals surface area contributed by atoms with Gasteiger partial charge in [-0.2, -0.15) is 0 Å². The van der Waals surface area contributed by atoms with Gasteiger partial charge >= 0.3 is 0 Å². The summed E-state index contributed by atoms with van der Waals surface area (Å²) < 4.78 is 2.43. The molecular formula is C58H40N2. The van der Waals surface area contributed by atoms with Crippen molar-refractivity contribution in [3.63, 3.8) is 0 Å². The molecule has 60 heavy (non-hydrogen) atoms. The topological polar surface area (TPSA) is 8.17 Å². The van der Waals surface area contributed by atoms with Crippen molar-refractivity contribution in [2.24, 2.45) is 0 Å². The average Bonchev–Trinajstić information content (AvgIpc) is 3.65. The maximum atomic E-state index is 2.43. The molecule has 0 bridgehead atoms. The molecule has 0 N–H and O–H groups in total. The molecule has 1 aromatic heterocycles. The zero-order valence-corrected chi connectivity index (χ0v) is 33.0. The largest absolute Gasteiger partial charge is 0.311 e. The van der Waals surface area contributed by atoms with Crippen LogP contribution < -0.4 is 4.90 Å². The third kappa shape index (κ3) is 6.41. The molecule has 0 spiro atoms. The molecule has 0 aliphatic carbocycles. The summed E-state index contributed by atoms with van der Waals surface area (Å²) in [5.74, 6) is 0. The second-order valence-electron chi connectivity index (χ2n) is 15.4. The first kappa shape index (κ1) is 35.2. The molecule has 0 saturated carbocycles. The van der Waals surface area contributed by atoms with Gasteiger partial charge in [0.1, 0.15) is 0 Å². The highest BCUT2D eigenvalue weighted by Gasteiger charge is 2.18. The number of anilines is 3. The lowest BCUT2D eigenvalue weighted by atomic mass is 9.93. The quantitative estimate of drug-likeness (QED) is 0.150. The molecule has 2 heteroatoms. The summed E-state index contributed by atoms with van der Waals surface area (Å²) in [4.78, 5) is 2.35. The van der Waals surface area contributed by atoms with E-state index in [0.29, 0.717) is 0 Å². The summed E-state index contributed by atoms with van der Waals surface area (Å²) in [5, 5.41) is 5.00. The molecule has 0 fully saturated rings. The molecule has 11 aromatic rings. The third-order valence-corrected chi connectivity index (χ3v) is 11.8. The minimum atomic E-state index is 1.09. The fourth-order valence-electron chi connectivity index (χ4n) is 8.82. The van der Waals surface area contributed by atoms with Crippen molar-refractivity contribution in [3.05, 3.63) is 243 Å². The Balaban J connectivity index is 1.04. The fraction of sp³-hybridized carbons (Fsp3) is 0. The SMILES string of the molecule is c1ccc(-c2ccc(N(c3ccc(-c4ccccc4)cc3)c3ccc(-c4cc(-n5c6ccccc6c6cc7ccccc7cc65)ccc4-c4ccccc4)cc3)cc2)cc1. The number of rotatable bonds is 8. The smallest absolute Gasteiger partial charge is 0.0547 e. The highest BCUT2D eigenvalue weighted by atomic mass is 15.1. The van der Waals surface area contributed by atoms with E-state index in [1.165, 1.54) is 71.5 Å². The van der Waals surface area contributed by atoms with Gasteiger partial charge in [0.25, 0.3) is 0 Å². The zero-order valence-electron chi connectivity index (χ0n) is 33.0. The Morgan fingerprint density at radius 2 is 0.700 bits per heavy atom. The Morgan fingerprint density at radius 1 is 0.267 bits per heavy atom. The van der Waals surface area contributed by atoms with Crippen LogP contribution in [-0.2, 0) is 0 Å². The number of hydrogen-bond donors (Lipinski definition) is 0. The van der Waals surface area contributed by atoms with Crippen molar-refractivity contribution in [3.8, 4) is 50.2 Å². The first-order valence-corrected chi connectivity index (χ1v) is 20.6. The van der Waals surface area contributed by atoms with Gasteiger partial charge in [-0.15, -0.1) is 0 Å². The van der Waals surface area contributed by atoms with E-state index in [2.05, 4.69) is 252 Å². The van der Waals surface area contributed by atoms with Crippen molar-refractivity contribution < 1.29 is 0 Å². The summed E-state index contributed by atoms with van der Waals surface area (Å²) >= 11 is 0. The monoisotopic (exact) mass is 764 g/mol. The molecular weight excluding hydrogens is 725 g/mol. The van der Waals surface area contributed by atoms with Gasteiger partial charge in [-0.1, -0.05) is 176 Å². The molecule has 0 saturated heterocycles. The maximum Gasteiger partial charge on any atom is 0.0547 e. The van der Waals surface area contributed by atoms with Gasteiger partial charge in [0.15, 0.2) is 0 Å². The van der Waals surface area contributed by atoms with Gasteiger partial charge in [-0.3, -0.25) is 0 Å². The van der Waals surface area contributed by atoms with Crippen LogP contribution in [0.2, 0.25) is 0 Å². The molecule has 0 radical (unpaired) electrons. The van der Waals surface area contributed by atoms with Crippen molar-refractivity contribution in [1.29, 1.82) is 0 Å². The number of benzene rings is 10. The van der Waals surface area contributed by atoms with Gasteiger partial charge in [-0.05, 0) is 122 Å². The van der Waals surface area contributed by atoms with E-state index in [4.69, 9.17) is 0 Å². The van der Waals surface area contributed by atoms with E-state index in [9.17, 15) is 0 Å². The van der Waals surface area contributed by atoms with Gasteiger partial charge in [0.05, 0.1) is 11.0 Å². The molecule has 11 rings (SSSR count). The van der Waals surface area contributed by atoms with Gasteiger partial charge in [0, 0.05) is 33.5 Å². The molecule has 0 aliphatic heterocycles. The molecule has 282 valence electrons. The number of aromatic nitrogens is 1. The predicted octanol–water partition coefficient (Wildman–Crippen LogP) is 16.1. The molecule has 10 aromatic carbocycles. The van der Waals surface area contributed by atoms with Crippen molar-refractivity contribution in [2.45, 2.75) is 0 Å². The van der Waals surface area contributed by atoms with Crippen LogP contribution in [0.15, 0.2) is 243 Å². The van der Waals surface area contributed by atoms with E-state index in [1.807, 2.05) is 0 Å². The molecule has 2 nitrogen and oxygen atoms in total. The van der Waals surface area contributed by atoms with E-state index in [1.54, 1.807) is 0 Å². The summed E-state index contributed by atoms with van der Waals surface area (Å²) in [6.45, 7) is 0. The van der Waals surface area contributed by atoms with Crippen molar-refractivity contribution in [2.75, 3.05) is 4.90 Å². The molecule has 0 unspecified atom stereocenters. The molecule has 1 heterocycles. The van der Waals surface area contributed by atoms with Gasteiger partial charge in [0.2, 0.25) is 0 Å². The first-order valence-electron chi connectivity index (χ1n) is 20.6. The average molecular weight is 765 g/mol. The number of hydrogen-bond acceptors (Lipinski definition) is 1. The Morgan fingerprint density at radius 3 is 1.27 bits per heavy atom. The van der Waals surface area contributed by atoms with Crippen LogP contribution in [0, 0.1) is 0 Å². The molecule has 0 amide bonds. The Hall–Kier alpha value is -7.94. The summed E-state index contributed by atoms with van der Waals surface area (Å²) in [7, 11) is 0. The number of fused-ring (bicyclic) bond motifs is 4. The standard InChI is InChI=1S/C58H40N2/c1-4-14-41(15-5-1)43-24-30-49(31-25-43)59(50-32-26-44(27-33-50)42-16-6-2-7-17-42)51-34-28-46(29-35-51)55-40-52(36-37-53(55)45-18-8-3-9-19-45)60-57-23-13-12-22-54(57)56-38-47-20-10-11-21-48(47)39-58(56)60/h1-40H. The Bertz CT molecular complexity index is 3170. The fourth-order valence-corrected chi connectivity index (χ4v) is 8.82. The second-order valence-corrected chi connectivity index (χ2v) is 15.4. The second kappa shape index (κ2) is 15.1. The van der Waals surface area contributed by atoms with E-state index in [-0.39, 0.29) is 0 Å². The predicted molar refractivity (Wildman–Crippen MR) is 255 cm³/mol. The zero-order chi connectivity index (χ0) is 39.8. The van der Waals surface area contributed by atoms with Crippen LogP contribution in [-0.4, -0.2) is 4.57 Å². The summed E-state index contributed by atoms with van der Waals surface area (Å²) in [6.07, 6.45) is 0. The van der Waals surface area contributed by atoms with Crippen LogP contribution in [0.25, 0.3) is 82.8 Å². The normalized spacial score (nSPS) is 11.3. The lowest BCUT2D eigenvalue weighted by Gasteiger charge is -2.26. The summed E-state index contributed by atoms with van der Waals surface area (Å²) in [5.41, 5.74) is 16.3. The van der Waals surface area contributed by atoms with E-state index >= 15 is 0 Å². The van der Waals surface area contributed by atoms with Crippen LogP contribution in [0.4, 0.5) is 17.1 Å². The maximum absolute atomic E-state index is 2.43. The highest BCUT2D eigenvalue weighted by Crippen LogP contribution is 2.41. The Kier molecular flexibility index (Phi) is 8.87. The molecule has 0 atom stereocenters. The Labute approximate surface area is 350 Å². The van der Waals surface area contributed by atoms with Crippen LogP contribution in [0.1, 0.15) is 0 Å². The summed E-state index contributed by atoms with van der Waals surface area (Å²) in [6, 6.07) is 87.9. The van der Waals surface area contributed by atoms with Crippen molar-refractivity contribution >= 4 is 49.6 Å². The third-order valence-electron chi connectivity index (χ3n) is 11.8. The number of para-hydroxylation sites is 1. The molecule has 0 aliphatic rings. The lowest BCUT2D eigenvalue weighted by molar-refractivity contribution is 1.18. The highest BCUT2D eigenvalue weighted by molar-refractivity contribution is 6.13. The van der Waals surface area contributed by atoms with Gasteiger partial charge in [-0.25, -0.2) is 0 Å². The number of nitrogens with zero attached hydrogens (tertiary/aromatic N) is 2. The van der Waals surface area contributed by atoms with Crippen LogP contribution in [0.3, 0.4) is 0 Å². The van der Waals surface area contributed by atoms with Gasteiger partial charge < -0.3 is 9.47 Å². The lowest BCUT2D eigenvalue weighted by Crippen LogP contribution is -2.09.